The quantitative estimate of drug-likeness (QED) is 0.847. The van der Waals surface area contributed by atoms with Gasteiger partial charge < -0.3 is 15.0 Å². The van der Waals surface area contributed by atoms with Crippen LogP contribution >= 0.6 is 0 Å². The van der Waals surface area contributed by atoms with E-state index in [-0.39, 0.29) is 16.7 Å². The molecule has 2 aliphatic heterocycles. The zero-order valence-corrected chi connectivity index (χ0v) is 16.1. The van der Waals surface area contributed by atoms with Crippen molar-refractivity contribution in [3.8, 4) is 5.88 Å². The Morgan fingerprint density at radius 1 is 1.25 bits per heavy atom. The van der Waals surface area contributed by atoms with Gasteiger partial charge in [-0.3, -0.25) is 4.79 Å². The Kier molecular flexibility index (Phi) is 4.76. The molecule has 8 nitrogen and oxygen atoms in total. The van der Waals surface area contributed by atoms with Crippen molar-refractivity contribution in [2.75, 3.05) is 25.5 Å². The van der Waals surface area contributed by atoms with Crippen LogP contribution in [-0.2, 0) is 10.0 Å². The number of ether oxygens (including phenoxy) is 1. The highest BCUT2D eigenvalue weighted by Gasteiger charge is 2.32. The Morgan fingerprint density at radius 3 is 2.82 bits per heavy atom. The summed E-state index contributed by atoms with van der Waals surface area (Å²) < 4.78 is 34.0. The topological polar surface area (TPSA) is 101 Å². The average molecular weight is 400 g/mol. The van der Waals surface area contributed by atoms with E-state index in [0.717, 1.165) is 12.8 Å². The first-order chi connectivity index (χ1) is 13.5. The molecule has 0 spiro atoms. The number of nitrogens with one attached hydrogen (secondary N) is 1. The van der Waals surface area contributed by atoms with Gasteiger partial charge >= 0.3 is 0 Å². The largest absolute Gasteiger partial charge is 0.481 e. The molecule has 0 saturated carbocycles. The van der Waals surface area contributed by atoms with Crippen LogP contribution in [-0.4, -0.2) is 50.2 Å². The second kappa shape index (κ2) is 7.23. The van der Waals surface area contributed by atoms with Crippen molar-refractivity contribution in [2.45, 2.75) is 17.7 Å². The maximum atomic E-state index is 12.8. The average Bonchev–Trinajstić information content (AvgIpc) is 2.73. The number of methoxy groups -OCH3 is 1. The molecule has 3 heterocycles. The van der Waals surface area contributed by atoms with Gasteiger partial charge in [-0.2, -0.15) is 8.42 Å². The highest BCUT2D eigenvalue weighted by Crippen LogP contribution is 2.30. The summed E-state index contributed by atoms with van der Waals surface area (Å²) >= 11 is 0. The molecule has 1 saturated heterocycles. The molecule has 2 aliphatic rings. The maximum absolute atomic E-state index is 12.8. The van der Waals surface area contributed by atoms with Gasteiger partial charge in [0.05, 0.1) is 18.4 Å². The molecule has 9 heteroatoms. The number of carbonyl (C=O) groups excluding carboxylic acids is 1. The maximum Gasteiger partial charge on any atom is 0.286 e. The smallest absolute Gasteiger partial charge is 0.286 e. The van der Waals surface area contributed by atoms with E-state index in [2.05, 4.69) is 14.7 Å². The van der Waals surface area contributed by atoms with Gasteiger partial charge in [-0.25, -0.2) is 4.98 Å². The standard InChI is InChI=1S/C19H20N4O4S/c1-27-17-9-8-13(11-20-17)19(24)23-10-4-5-14(12-23)18-21-15-6-2-3-7-16(15)28(25,26)22-18/h2-3,6-9,11,14H,4-5,10,12H2,1H3,(H,21,22). The van der Waals surface area contributed by atoms with Gasteiger partial charge in [0.2, 0.25) is 5.88 Å². The summed E-state index contributed by atoms with van der Waals surface area (Å²) in [5.74, 6) is 0.522. The number of nitrogens with zero attached hydrogens (tertiary/aromatic N) is 3. The van der Waals surface area contributed by atoms with Crippen LogP contribution in [0.4, 0.5) is 5.69 Å². The number of fused-ring (bicyclic) bond motifs is 1. The predicted molar refractivity (Wildman–Crippen MR) is 104 cm³/mol. The third-order valence-electron chi connectivity index (χ3n) is 4.93. The molecule has 1 unspecified atom stereocenters. The molecule has 1 atom stereocenters. The number of sulfonamides is 1. The fourth-order valence-corrected chi connectivity index (χ4v) is 4.71. The summed E-state index contributed by atoms with van der Waals surface area (Å²) in [7, 11) is -2.22. The second-order valence-electron chi connectivity index (χ2n) is 6.75. The number of piperidine rings is 1. The lowest BCUT2D eigenvalue weighted by atomic mass is 9.96. The lowest BCUT2D eigenvalue weighted by Gasteiger charge is -2.34. The molecule has 1 N–H and O–H groups in total. The van der Waals surface area contributed by atoms with Gasteiger partial charge in [0, 0.05) is 31.3 Å². The molecular weight excluding hydrogens is 380 g/mol. The van der Waals surface area contributed by atoms with E-state index >= 15 is 0 Å². The number of hydrogen-bond acceptors (Lipinski definition) is 6. The molecule has 1 aromatic carbocycles. The number of hydrogen-bond donors (Lipinski definition) is 1. The van der Waals surface area contributed by atoms with E-state index < -0.39 is 10.0 Å². The number of para-hydroxylation sites is 1. The van der Waals surface area contributed by atoms with Gasteiger partial charge in [-0.15, -0.1) is 4.40 Å². The first-order valence-corrected chi connectivity index (χ1v) is 10.4. The Bertz CT molecular complexity index is 1030. The molecule has 0 radical (unpaired) electrons. The minimum Gasteiger partial charge on any atom is -0.481 e. The number of benzene rings is 1. The zero-order chi connectivity index (χ0) is 19.7. The van der Waals surface area contributed by atoms with Crippen LogP contribution in [0.5, 0.6) is 5.88 Å². The lowest BCUT2D eigenvalue weighted by Crippen LogP contribution is -2.44. The van der Waals surface area contributed by atoms with Gasteiger partial charge in [0.25, 0.3) is 15.9 Å². The summed E-state index contributed by atoms with van der Waals surface area (Å²) in [6.45, 7) is 1.01. The third-order valence-corrected chi connectivity index (χ3v) is 6.28. The van der Waals surface area contributed by atoms with Gasteiger partial charge in [-0.05, 0) is 31.0 Å². The summed E-state index contributed by atoms with van der Waals surface area (Å²) in [6.07, 6.45) is 3.01. The molecule has 28 heavy (non-hydrogen) atoms. The number of aromatic nitrogens is 1. The van der Waals surface area contributed by atoms with E-state index in [9.17, 15) is 13.2 Å². The van der Waals surface area contributed by atoms with Crippen LogP contribution in [0, 0.1) is 5.92 Å². The second-order valence-corrected chi connectivity index (χ2v) is 8.32. The molecule has 2 aromatic rings. The van der Waals surface area contributed by atoms with E-state index in [1.807, 2.05) is 0 Å². The van der Waals surface area contributed by atoms with E-state index in [0.29, 0.717) is 36.1 Å². The molecular formula is C19H20N4O4S. The first kappa shape index (κ1) is 18.4. The Hall–Kier alpha value is -2.94. The zero-order valence-electron chi connectivity index (χ0n) is 15.3. The number of anilines is 1. The Morgan fingerprint density at radius 2 is 2.07 bits per heavy atom. The van der Waals surface area contributed by atoms with Crippen molar-refractivity contribution < 1.29 is 17.9 Å². The van der Waals surface area contributed by atoms with Crippen molar-refractivity contribution in [3.63, 3.8) is 0 Å². The summed E-state index contributed by atoms with van der Waals surface area (Å²) in [5, 5.41) is 3.14. The third kappa shape index (κ3) is 3.45. The highest BCUT2D eigenvalue weighted by atomic mass is 32.2. The van der Waals surface area contributed by atoms with Crippen LogP contribution < -0.4 is 10.1 Å². The van der Waals surface area contributed by atoms with Crippen molar-refractivity contribution in [3.05, 3.63) is 48.2 Å². The van der Waals surface area contributed by atoms with Crippen LogP contribution in [0.2, 0.25) is 0 Å². The summed E-state index contributed by atoms with van der Waals surface area (Å²) in [6, 6.07) is 10.0. The van der Waals surface area contributed by atoms with Crippen LogP contribution in [0.3, 0.4) is 0 Å². The monoisotopic (exact) mass is 400 g/mol. The molecule has 4 rings (SSSR count). The van der Waals surface area contributed by atoms with Gasteiger partial charge in [-0.1, -0.05) is 12.1 Å². The first-order valence-electron chi connectivity index (χ1n) is 8.98. The van der Waals surface area contributed by atoms with Crippen molar-refractivity contribution in [2.24, 2.45) is 10.3 Å². The molecule has 0 aliphatic carbocycles. The number of amides is 1. The minimum atomic E-state index is -3.74. The van der Waals surface area contributed by atoms with Gasteiger partial charge in [0.1, 0.15) is 10.7 Å². The van der Waals surface area contributed by atoms with Gasteiger partial charge in [0.15, 0.2) is 0 Å². The van der Waals surface area contributed by atoms with Crippen LogP contribution in [0.1, 0.15) is 23.2 Å². The van der Waals surface area contributed by atoms with Crippen LogP contribution in [0.25, 0.3) is 0 Å². The predicted octanol–water partition coefficient (Wildman–Crippen LogP) is 2.16. The fraction of sp³-hybridized carbons (Fsp3) is 0.316. The molecule has 1 fully saturated rings. The normalized spacial score (nSPS) is 20.5. The lowest BCUT2D eigenvalue weighted by molar-refractivity contribution is 0.0702. The number of rotatable bonds is 3. The number of pyridine rings is 1. The number of carbonyl (C=O) groups is 1. The molecule has 0 bridgehead atoms. The fourth-order valence-electron chi connectivity index (χ4n) is 3.51. The van der Waals surface area contributed by atoms with Crippen molar-refractivity contribution in [1.29, 1.82) is 0 Å². The Labute approximate surface area is 163 Å². The van der Waals surface area contributed by atoms with Crippen molar-refractivity contribution in [1.82, 2.24) is 9.88 Å². The molecule has 146 valence electrons. The number of amidine groups is 1. The summed E-state index contributed by atoms with van der Waals surface area (Å²) in [4.78, 5) is 18.8. The van der Waals surface area contributed by atoms with E-state index in [1.54, 1.807) is 35.2 Å². The van der Waals surface area contributed by atoms with E-state index in [4.69, 9.17) is 4.74 Å². The summed E-state index contributed by atoms with van der Waals surface area (Å²) in [5.41, 5.74) is 0.994. The molecule has 1 aromatic heterocycles. The number of likely N-dealkylation sites (tertiary alicyclic amines) is 1. The molecule has 1 amide bonds. The SMILES string of the molecule is COc1ccc(C(=O)N2CCCC(C3=NS(=O)(=O)c4ccccc4N3)C2)cn1. The van der Waals surface area contributed by atoms with Crippen LogP contribution in [0.15, 0.2) is 51.9 Å². The van der Waals surface area contributed by atoms with Crippen molar-refractivity contribution >= 4 is 27.5 Å². The highest BCUT2D eigenvalue weighted by molar-refractivity contribution is 7.90. The minimum absolute atomic E-state index is 0.139. The Balaban J connectivity index is 1.54. The van der Waals surface area contributed by atoms with E-state index in [1.165, 1.54) is 19.4 Å².